The van der Waals surface area contributed by atoms with E-state index in [9.17, 15) is 4.79 Å². The lowest BCUT2D eigenvalue weighted by Gasteiger charge is -2.34. The Balaban J connectivity index is 1.60. The number of benzene rings is 1. The fraction of sp³-hybridized carbons (Fsp3) is 0.667. The molecule has 1 heterocycles. The van der Waals surface area contributed by atoms with Gasteiger partial charge in [0, 0.05) is 24.5 Å². The van der Waals surface area contributed by atoms with Crippen molar-refractivity contribution >= 4 is 17.7 Å². The predicted octanol–water partition coefficient (Wildman–Crippen LogP) is 4.05. The number of carbonyl (C=O) groups is 1. The first-order chi connectivity index (χ1) is 12.5. The summed E-state index contributed by atoms with van der Waals surface area (Å²) in [4.78, 5) is 15.9. The lowest BCUT2D eigenvalue weighted by atomic mass is 9.92. The number of likely N-dealkylation sites (tertiary alicyclic amines) is 1. The van der Waals surface area contributed by atoms with Gasteiger partial charge in [0.25, 0.3) is 0 Å². The van der Waals surface area contributed by atoms with E-state index in [-0.39, 0.29) is 11.2 Å². The third-order valence-corrected chi connectivity index (χ3v) is 6.00. The summed E-state index contributed by atoms with van der Waals surface area (Å²) < 4.78 is 5.16. The molecule has 3 atom stereocenters. The first kappa shape index (κ1) is 21.1. The van der Waals surface area contributed by atoms with E-state index in [0.717, 1.165) is 48.4 Å². The molecule has 4 nitrogen and oxygen atoms in total. The number of hydrogen-bond acceptors (Lipinski definition) is 4. The van der Waals surface area contributed by atoms with Gasteiger partial charge in [-0.15, -0.1) is 11.8 Å². The van der Waals surface area contributed by atoms with Crippen LogP contribution in [-0.4, -0.2) is 49.3 Å². The summed E-state index contributed by atoms with van der Waals surface area (Å²) in [5, 5.41) is 2.99. The van der Waals surface area contributed by atoms with E-state index in [4.69, 9.17) is 4.74 Å². The van der Waals surface area contributed by atoms with Gasteiger partial charge in [0.2, 0.25) is 5.91 Å². The molecular formula is C21H34N2O2S. The molecule has 0 spiro atoms. The minimum absolute atomic E-state index is 0.0906. The van der Waals surface area contributed by atoms with Gasteiger partial charge in [0.1, 0.15) is 5.75 Å². The van der Waals surface area contributed by atoms with Crippen molar-refractivity contribution in [2.75, 3.05) is 33.3 Å². The van der Waals surface area contributed by atoms with Crippen LogP contribution in [0, 0.1) is 11.8 Å². The Morgan fingerprint density at radius 3 is 2.50 bits per heavy atom. The van der Waals surface area contributed by atoms with Crippen LogP contribution in [0.3, 0.4) is 0 Å². The quantitative estimate of drug-likeness (QED) is 0.520. The van der Waals surface area contributed by atoms with Crippen molar-refractivity contribution in [1.29, 1.82) is 0 Å². The lowest BCUT2D eigenvalue weighted by molar-refractivity contribution is -0.120. The molecule has 0 saturated carbocycles. The number of rotatable bonds is 9. The van der Waals surface area contributed by atoms with Crippen LogP contribution in [0.1, 0.15) is 40.0 Å². The molecule has 0 bridgehead atoms. The van der Waals surface area contributed by atoms with Crippen LogP contribution in [0.4, 0.5) is 0 Å². The molecule has 1 aliphatic heterocycles. The van der Waals surface area contributed by atoms with E-state index < -0.39 is 0 Å². The summed E-state index contributed by atoms with van der Waals surface area (Å²) >= 11 is 1.58. The van der Waals surface area contributed by atoms with E-state index >= 15 is 0 Å². The molecule has 1 aromatic carbocycles. The number of carbonyl (C=O) groups excluding carboxylic acids is 1. The number of thioether (sulfide) groups is 1. The molecule has 5 heteroatoms. The average Bonchev–Trinajstić information content (AvgIpc) is 2.61. The smallest absolute Gasteiger partial charge is 0.233 e. The maximum Gasteiger partial charge on any atom is 0.233 e. The number of nitrogens with zero attached hydrogens (tertiary/aromatic N) is 1. The van der Waals surface area contributed by atoms with E-state index in [1.807, 2.05) is 31.2 Å². The maximum atomic E-state index is 12.3. The molecule has 26 heavy (non-hydrogen) atoms. The van der Waals surface area contributed by atoms with E-state index in [0.29, 0.717) is 0 Å². The van der Waals surface area contributed by atoms with Gasteiger partial charge < -0.3 is 15.0 Å². The van der Waals surface area contributed by atoms with E-state index in [1.54, 1.807) is 18.9 Å². The fourth-order valence-electron chi connectivity index (χ4n) is 3.70. The van der Waals surface area contributed by atoms with Crippen LogP contribution >= 0.6 is 11.8 Å². The van der Waals surface area contributed by atoms with Crippen molar-refractivity contribution in [2.24, 2.45) is 11.8 Å². The predicted molar refractivity (Wildman–Crippen MR) is 110 cm³/mol. The summed E-state index contributed by atoms with van der Waals surface area (Å²) in [6, 6.07) is 7.84. The standard InChI is InChI=1S/C21H34N2O2S/c1-16-13-17(2)15-23(14-16)12-6-5-11-22-21(24)18(3)26-20-9-7-19(25-4)8-10-20/h7-10,16-18H,5-6,11-15H2,1-4H3,(H,22,24). The first-order valence-electron chi connectivity index (χ1n) is 9.78. The highest BCUT2D eigenvalue weighted by Gasteiger charge is 2.21. The second-order valence-corrected chi connectivity index (χ2v) is 9.05. The van der Waals surface area contributed by atoms with Gasteiger partial charge in [-0.25, -0.2) is 0 Å². The van der Waals surface area contributed by atoms with Crippen molar-refractivity contribution in [1.82, 2.24) is 10.2 Å². The van der Waals surface area contributed by atoms with E-state index in [1.165, 1.54) is 19.5 Å². The molecule has 1 N–H and O–H groups in total. The van der Waals surface area contributed by atoms with Gasteiger partial charge >= 0.3 is 0 Å². The Morgan fingerprint density at radius 2 is 1.88 bits per heavy atom. The minimum atomic E-state index is -0.0906. The second kappa shape index (κ2) is 10.8. The van der Waals surface area contributed by atoms with Gasteiger partial charge in [0.15, 0.2) is 0 Å². The Hall–Kier alpha value is -1.20. The average molecular weight is 379 g/mol. The number of nitrogens with one attached hydrogen (secondary N) is 1. The highest BCUT2D eigenvalue weighted by molar-refractivity contribution is 8.00. The zero-order chi connectivity index (χ0) is 18.9. The summed E-state index contributed by atoms with van der Waals surface area (Å²) in [5.74, 6) is 2.58. The van der Waals surface area contributed by atoms with Crippen molar-refractivity contribution in [3.8, 4) is 5.75 Å². The molecule has 0 aliphatic carbocycles. The van der Waals surface area contributed by atoms with Crippen LogP contribution < -0.4 is 10.1 Å². The summed E-state index contributed by atoms with van der Waals surface area (Å²) in [6.45, 7) is 11.0. The maximum absolute atomic E-state index is 12.3. The number of piperidine rings is 1. The topological polar surface area (TPSA) is 41.6 Å². The molecule has 1 fully saturated rings. The van der Waals surface area contributed by atoms with Crippen molar-refractivity contribution in [2.45, 2.75) is 50.2 Å². The zero-order valence-corrected chi connectivity index (χ0v) is 17.5. The normalized spacial score (nSPS) is 22.0. The monoisotopic (exact) mass is 378 g/mol. The molecule has 2 rings (SSSR count). The third kappa shape index (κ3) is 7.20. The molecular weight excluding hydrogens is 344 g/mol. The highest BCUT2D eigenvalue weighted by Crippen LogP contribution is 2.25. The molecule has 3 unspecified atom stereocenters. The SMILES string of the molecule is COc1ccc(SC(C)C(=O)NCCCCN2CC(C)CC(C)C2)cc1. The number of ether oxygens (including phenoxy) is 1. The minimum Gasteiger partial charge on any atom is -0.497 e. The van der Waals surface area contributed by atoms with Crippen LogP contribution in [-0.2, 0) is 4.79 Å². The van der Waals surface area contributed by atoms with Crippen molar-refractivity contribution in [3.63, 3.8) is 0 Å². The molecule has 0 aromatic heterocycles. The van der Waals surface area contributed by atoms with E-state index in [2.05, 4.69) is 24.1 Å². The van der Waals surface area contributed by atoms with Crippen LogP contribution in [0.2, 0.25) is 0 Å². The molecule has 1 aromatic rings. The lowest BCUT2D eigenvalue weighted by Crippen LogP contribution is -2.39. The molecule has 0 radical (unpaired) electrons. The van der Waals surface area contributed by atoms with Crippen molar-refractivity contribution in [3.05, 3.63) is 24.3 Å². The molecule has 1 aliphatic rings. The summed E-state index contributed by atoms with van der Waals surface area (Å²) in [6.07, 6.45) is 3.56. The highest BCUT2D eigenvalue weighted by atomic mass is 32.2. The fourth-order valence-corrected chi connectivity index (χ4v) is 4.59. The van der Waals surface area contributed by atoms with Crippen molar-refractivity contribution < 1.29 is 9.53 Å². The van der Waals surface area contributed by atoms with Gasteiger partial charge in [-0.2, -0.15) is 0 Å². The summed E-state index contributed by atoms with van der Waals surface area (Å²) in [7, 11) is 1.66. The van der Waals surface area contributed by atoms with Gasteiger partial charge in [-0.1, -0.05) is 13.8 Å². The number of amides is 1. The van der Waals surface area contributed by atoms with Crippen LogP contribution in [0.5, 0.6) is 5.75 Å². The molecule has 146 valence electrons. The Bertz CT molecular complexity index is 539. The molecule has 1 amide bonds. The Labute approximate surface area is 163 Å². The Morgan fingerprint density at radius 1 is 1.23 bits per heavy atom. The van der Waals surface area contributed by atoms with Crippen LogP contribution in [0.15, 0.2) is 29.2 Å². The first-order valence-corrected chi connectivity index (χ1v) is 10.7. The number of methoxy groups -OCH3 is 1. The zero-order valence-electron chi connectivity index (χ0n) is 16.7. The van der Waals surface area contributed by atoms with Gasteiger partial charge in [-0.3, -0.25) is 4.79 Å². The van der Waals surface area contributed by atoms with Crippen LogP contribution in [0.25, 0.3) is 0 Å². The Kier molecular flexibility index (Phi) is 8.79. The van der Waals surface area contributed by atoms with Gasteiger partial charge in [0.05, 0.1) is 12.4 Å². The number of unbranched alkanes of at least 4 members (excludes halogenated alkanes) is 1. The third-order valence-electron chi connectivity index (χ3n) is 4.89. The molecule has 1 saturated heterocycles. The second-order valence-electron chi connectivity index (χ2n) is 7.64. The number of hydrogen-bond donors (Lipinski definition) is 1. The largest absolute Gasteiger partial charge is 0.497 e. The van der Waals surface area contributed by atoms with Gasteiger partial charge in [-0.05, 0) is 68.8 Å². The summed E-state index contributed by atoms with van der Waals surface area (Å²) in [5.41, 5.74) is 0.